The van der Waals surface area contributed by atoms with Crippen LogP contribution in [0.25, 0.3) is 0 Å². The van der Waals surface area contributed by atoms with Crippen molar-refractivity contribution < 1.29 is 9.31 Å². The van der Waals surface area contributed by atoms with Crippen molar-refractivity contribution in [2.75, 3.05) is 4.93 Å². The van der Waals surface area contributed by atoms with Crippen molar-refractivity contribution in [3.63, 3.8) is 0 Å². The Kier molecular flexibility index (Phi) is 5.40. The molecule has 0 aromatic heterocycles. The van der Waals surface area contributed by atoms with Gasteiger partial charge in [0.05, 0.1) is 11.7 Å². The predicted octanol–water partition coefficient (Wildman–Crippen LogP) is 3.68. The quantitative estimate of drug-likeness (QED) is 0.441. The van der Waals surface area contributed by atoms with Gasteiger partial charge in [-0.2, -0.15) is 0 Å². The van der Waals surface area contributed by atoms with Gasteiger partial charge in [-0.15, -0.1) is 0 Å². The Morgan fingerprint density at radius 1 is 1.24 bits per heavy atom. The van der Waals surface area contributed by atoms with E-state index in [0.717, 1.165) is 18.8 Å². The molecule has 3 aliphatic carbocycles. The van der Waals surface area contributed by atoms with Crippen LogP contribution in [0.3, 0.4) is 0 Å². The summed E-state index contributed by atoms with van der Waals surface area (Å²) in [5.41, 5.74) is 6.56. The first-order valence-electron chi connectivity index (χ1n) is 8.21. The molecule has 0 unspecified atom stereocenters. The minimum absolute atomic E-state index is 0.00253. The fourth-order valence-electron chi connectivity index (χ4n) is 4.74. The molecule has 2 bridgehead atoms. The molecule has 2 N–H and O–H groups in total. The summed E-state index contributed by atoms with van der Waals surface area (Å²) in [6.07, 6.45) is 3.67. The largest absolute Gasteiger partial charge is 0.475 e. The van der Waals surface area contributed by atoms with E-state index in [2.05, 4.69) is 57.2 Å². The van der Waals surface area contributed by atoms with Gasteiger partial charge in [0.1, 0.15) is 0 Å². The zero-order valence-electron chi connectivity index (χ0n) is 14.4. The highest BCUT2D eigenvalue weighted by Crippen LogP contribution is 2.65. The van der Waals surface area contributed by atoms with Crippen LogP contribution in [0.5, 0.6) is 0 Å². The summed E-state index contributed by atoms with van der Waals surface area (Å²) in [4.78, 5) is 1.97. The molecule has 1 aliphatic heterocycles. The molecule has 4 rings (SSSR count). The van der Waals surface area contributed by atoms with Crippen molar-refractivity contribution >= 4 is 29.7 Å². The summed E-state index contributed by atoms with van der Waals surface area (Å²) in [6, 6.07) is 0. The molecule has 3 saturated carbocycles. The minimum Gasteiger partial charge on any atom is -0.404 e. The van der Waals surface area contributed by atoms with E-state index >= 15 is 0 Å². The third kappa shape index (κ3) is 2.92. The van der Waals surface area contributed by atoms with Gasteiger partial charge >= 0.3 is 7.12 Å². The zero-order valence-corrected chi connectivity index (χ0v) is 16.5. The molecule has 4 fully saturated rings. The van der Waals surface area contributed by atoms with E-state index < -0.39 is 0 Å². The van der Waals surface area contributed by atoms with Gasteiger partial charge in [0.25, 0.3) is 0 Å². The molecule has 21 heavy (non-hydrogen) atoms. The molecule has 0 aromatic carbocycles. The van der Waals surface area contributed by atoms with Gasteiger partial charge in [0.2, 0.25) is 0 Å². The Morgan fingerprint density at radius 3 is 2.38 bits per heavy atom. The summed E-state index contributed by atoms with van der Waals surface area (Å²) in [5.74, 6) is 2.02. The van der Waals surface area contributed by atoms with Gasteiger partial charge in [0, 0.05) is 5.94 Å². The molecule has 5 atom stereocenters. The maximum atomic E-state index is 6.35. The number of hydrogen-bond acceptors (Lipinski definition) is 3. The van der Waals surface area contributed by atoms with Crippen LogP contribution in [0.15, 0.2) is 0 Å². The van der Waals surface area contributed by atoms with Crippen molar-refractivity contribution in [1.29, 1.82) is 0 Å². The topological polar surface area (TPSA) is 44.5 Å². The number of nitrogens with two attached hydrogens (primary N) is 1. The van der Waals surface area contributed by atoms with Crippen LogP contribution in [0, 0.1) is 23.2 Å². The Labute approximate surface area is 144 Å². The normalized spacial score (nSPS) is 41.0. The lowest BCUT2D eigenvalue weighted by molar-refractivity contribution is -0.199. The van der Waals surface area contributed by atoms with Gasteiger partial charge in [-0.1, -0.05) is 50.3 Å². The summed E-state index contributed by atoms with van der Waals surface area (Å²) >= 11 is 2.15. The predicted molar refractivity (Wildman–Crippen MR) is 97.5 cm³/mol. The highest BCUT2D eigenvalue weighted by atomic mass is 127. The molecular weight excluding hydrogens is 376 g/mol. The zero-order chi connectivity index (χ0) is 16.0. The van der Waals surface area contributed by atoms with Crippen LogP contribution < -0.4 is 5.73 Å². The van der Waals surface area contributed by atoms with E-state index in [9.17, 15) is 0 Å². The van der Waals surface area contributed by atoms with Crippen molar-refractivity contribution in [2.45, 2.75) is 71.5 Å². The molecule has 0 amide bonds. The number of alkyl halides is 1. The van der Waals surface area contributed by atoms with Crippen molar-refractivity contribution in [3.05, 3.63) is 0 Å². The highest BCUT2D eigenvalue weighted by Gasteiger charge is 2.68. The van der Waals surface area contributed by atoms with E-state index in [1.807, 2.05) is 4.93 Å². The first-order chi connectivity index (χ1) is 9.75. The fourth-order valence-corrected chi connectivity index (χ4v) is 4.74. The monoisotopic (exact) mass is 407 g/mol. The third-order valence-corrected chi connectivity index (χ3v) is 6.06. The molecule has 5 heteroatoms. The molecule has 1 saturated heterocycles. The van der Waals surface area contributed by atoms with Crippen LogP contribution in [0.4, 0.5) is 0 Å². The summed E-state index contributed by atoms with van der Waals surface area (Å²) < 4.78 is 12.5. The van der Waals surface area contributed by atoms with Crippen molar-refractivity contribution in [2.24, 2.45) is 28.9 Å². The molecule has 0 spiro atoms. The minimum atomic E-state index is -0.201. The maximum Gasteiger partial charge on any atom is 0.475 e. The summed E-state index contributed by atoms with van der Waals surface area (Å²) in [5, 5.41) is 0. The Hall–Kier alpha value is 0.675. The van der Waals surface area contributed by atoms with Gasteiger partial charge in [-0.3, -0.25) is 0 Å². The van der Waals surface area contributed by atoms with E-state index in [1.165, 1.54) is 6.42 Å². The van der Waals surface area contributed by atoms with Crippen LogP contribution in [0.1, 0.15) is 53.9 Å². The van der Waals surface area contributed by atoms with Gasteiger partial charge in [0.15, 0.2) is 0 Å². The fraction of sp³-hybridized carbons (Fsp3) is 1.00. The third-order valence-electron chi connectivity index (χ3n) is 6.06. The lowest BCUT2D eigenvalue weighted by Crippen LogP contribution is -2.65. The van der Waals surface area contributed by atoms with Gasteiger partial charge in [-0.25, -0.2) is 0 Å². The summed E-state index contributed by atoms with van der Waals surface area (Å²) in [7, 11) is -0.201. The Morgan fingerprint density at radius 2 is 1.86 bits per heavy atom. The van der Waals surface area contributed by atoms with Crippen LogP contribution >= 0.6 is 22.6 Å². The lowest BCUT2D eigenvalue weighted by atomic mass is 9.43. The lowest BCUT2D eigenvalue weighted by Gasteiger charge is -2.64. The average molecular weight is 407 g/mol. The second kappa shape index (κ2) is 6.29. The van der Waals surface area contributed by atoms with Crippen LogP contribution in [-0.2, 0) is 9.31 Å². The second-order valence-electron chi connectivity index (χ2n) is 8.13. The van der Waals surface area contributed by atoms with Crippen LogP contribution in [-0.4, -0.2) is 29.7 Å². The second-order valence-corrected chi connectivity index (χ2v) is 8.13. The van der Waals surface area contributed by atoms with Crippen molar-refractivity contribution in [1.82, 2.24) is 0 Å². The maximum absolute atomic E-state index is 6.35. The van der Waals surface area contributed by atoms with E-state index in [1.54, 1.807) is 0 Å². The first kappa shape index (κ1) is 18.0. The number of halogens is 1. The number of rotatable bonds is 3. The molecule has 4 aliphatic rings. The molecular formula is C16H31BINO2. The summed E-state index contributed by atoms with van der Waals surface area (Å²) in [6.45, 7) is 11.4. The molecule has 1 heterocycles. The first-order valence-corrected chi connectivity index (χ1v) is 10.4. The molecule has 3 nitrogen and oxygen atoms in total. The van der Waals surface area contributed by atoms with E-state index in [0.29, 0.717) is 17.3 Å². The number of hydrogen-bond donors (Lipinski definition) is 1. The molecule has 0 aromatic rings. The standard InChI is InChI=1S/C15H28BNO2.CH3I/c1-9(2)6-13(17)16-18-12-8-10-7-11(14(10,3)4)15(12,5)19-16;1-2/h9-13H,6-8,17H2,1-5H3;1H3/t10-,11-,12+,13-,15-;/m0./s1. The highest BCUT2D eigenvalue weighted by molar-refractivity contribution is 14.1. The van der Waals surface area contributed by atoms with Crippen molar-refractivity contribution in [3.8, 4) is 0 Å². The average Bonchev–Trinajstić information content (AvgIpc) is 2.77. The molecule has 0 radical (unpaired) electrons. The molecule has 122 valence electrons. The smallest absolute Gasteiger partial charge is 0.404 e. The van der Waals surface area contributed by atoms with Crippen LogP contribution in [0.2, 0.25) is 0 Å². The van der Waals surface area contributed by atoms with E-state index in [4.69, 9.17) is 15.0 Å². The SMILES string of the molecule is CC(C)C[C@H](N)B1O[C@@H]2C[C@@H]3C[C@@H](C3(C)C)[C@]2(C)O1.CI. The Bertz CT molecular complexity index is 379. The Balaban J connectivity index is 0.000000774. The van der Waals surface area contributed by atoms with E-state index in [-0.39, 0.29) is 24.8 Å². The van der Waals surface area contributed by atoms with Gasteiger partial charge in [-0.05, 0) is 54.3 Å². The van der Waals surface area contributed by atoms with Gasteiger partial charge < -0.3 is 15.0 Å².